The van der Waals surface area contributed by atoms with E-state index in [0.717, 1.165) is 15.9 Å². The summed E-state index contributed by atoms with van der Waals surface area (Å²) in [5.41, 5.74) is 2.49. The van der Waals surface area contributed by atoms with Gasteiger partial charge < -0.3 is 5.32 Å². The normalized spacial score (nSPS) is 10.3. The van der Waals surface area contributed by atoms with E-state index in [-0.39, 0.29) is 5.82 Å². The number of hydrogen-bond acceptors (Lipinski definition) is 2. The second kappa shape index (κ2) is 5.27. The van der Waals surface area contributed by atoms with E-state index in [4.69, 9.17) is 0 Å². The third-order valence-corrected chi connectivity index (χ3v) is 2.93. The Kier molecular flexibility index (Phi) is 3.74. The lowest BCUT2D eigenvalue weighted by Crippen LogP contribution is -2.00. The standard InChI is InChI=1S/C13H12BrFN2/c1-9-2-3-10(6-12(9)15)7-16-11-4-5-13(14)17-8-11/h2-6,8,16H,7H2,1H3. The average Bonchev–Trinajstić information content (AvgIpc) is 2.33. The highest BCUT2D eigenvalue weighted by atomic mass is 79.9. The van der Waals surface area contributed by atoms with Crippen molar-refractivity contribution in [1.82, 2.24) is 4.98 Å². The molecule has 0 unspecified atom stereocenters. The van der Waals surface area contributed by atoms with Crippen LogP contribution in [0.1, 0.15) is 11.1 Å². The third kappa shape index (κ3) is 3.27. The Balaban J connectivity index is 2.02. The molecule has 88 valence electrons. The number of hydrogen-bond donors (Lipinski definition) is 1. The molecule has 0 aliphatic carbocycles. The Morgan fingerprint density at radius 2 is 2.12 bits per heavy atom. The van der Waals surface area contributed by atoms with Crippen LogP contribution in [0, 0.1) is 12.7 Å². The first-order valence-electron chi connectivity index (χ1n) is 5.25. The third-order valence-electron chi connectivity index (χ3n) is 2.46. The second-order valence-corrected chi connectivity index (χ2v) is 4.62. The van der Waals surface area contributed by atoms with Crippen molar-refractivity contribution >= 4 is 21.6 Å². The number of aryl methyl sites for hydroxylation is 1. The van der Waals surface area contributed by atoms with Crippen LogP contribution in [0.15, 0.2) is 41.1 Å². The molecule has 1 heterocycles. The fourth-order valence-electron chi connectivity index (χ4n) is 1.43. The smallest absolute Gasteiger partial charge is 0.126 e. The van der Waals surface area contributed by atoms with E-state index in [1.165, 1.54) is 0 Å². The zero-order valence-electron chi connectivity index (χ0n) is 9.37. The first-order chi connectivity index (χ1) is 8.15. The molecule has 4 heteroatoms. The van der Waals surface area contributed by atoms with Crippen molar-refractivity contribution in [3.63, 3.8) is 0 Å². The first-order valence-corrected chi connectivity index (χ1v) is 6.05. The van der Waals surface area contributed by atoms with Crippen molar-refractivity contribution in [1.29, 1.82) is 0 Å². The number of pyridine rings is 1. The summed E-state index contributed by atoms with van der Waals surface area (Å²) < 4.78 is 14.1. The number of anilines is 1. The van der Waals surface area contributed by atoms with E-state index in [9.17, 15) is 4.39 Å². The van der Waals surface area contributed by atoms with E-state index in [1.807, 2.05) is 18.2 Å². The monoisotopic (exact) mass is 294 g/mol. The zero-order chi connectivity index (χ0) is 12.3. The lowest BCUT2D eigenvalue weighted by Gasteiger charge is -2.07. The molecule has 17 heavy (non-hydrogen) atoms. The highest BCUT2D eigenvalue weighted by molar-refractivity contribution is 9.10. The van der Waals surface area contributed by atoms with E-state index < -0.39 is 0 Å². The predicted molar refractivity (Wildman–Crippen MR) is 70.4 cm³/mol. The molecule has 0 aliphatic heterocycles. The number of halogens is 2. The summed E-state index contributed by atoms with van der Waals surface area (Å²) in [5.74, 6) is -0.168. The molecule has 0 bridgehead atoms. The fraction of sp³-hybridized carbons (Fsp3) is 0.154. The minimum absolute atomic E-state index is 0.168. The number of benzene rings is 1. The number of nitrogens with zero attached hydrogens (tertiary/aromatic N) is 1. The average molecular weight is 295 g/mol. The van der Waals surface area contributed by atoms with Gasteiger partial charge in [-0.25, -0.2) is 9.37 Å². The Bertz CT molecular complexity index is 511. The summed E-state index contributed by atoms with van der Waals surface area (Å²) in [6.45, 7) is 2.34. The first kappa shape index (κ1) is 12.0. The van der Waals surface area contributed by atoms with Gasteiger partial charge in [-0.1, -0.05) is 12.1 Å². The zero-order valence-corrected chi connectivity index (χ0v) is 11.0. The van der Waals surface area contributed by atoms with Crippen LogP contribution in [-0.2, 0) is 6.54 Å². The minimum atomic E-state index is -0.168. The van der Waals surface area contributed by atoms with Crippen molar-refractivity contribution in [2.24, 2.45) is 0 Å². The van der Waals surface area contributed by atoms with Crippen molar-refractivity contribution in [3.05, 3.63) is 58.1 Å². The van der Waals surface area contributed by atoms with E-state index in [1.54, 1.807) is 25.3 Å². The Hall–Kier alpha value is -1.42. The number of aromatic nitrogens is 1. The van der Waals surface area contributed by atoms with Crippen LogP contribution in [-0.4, -0.2) is 4.98 Å². The van der Waals surface area contributed by atoms with Crippen LogP contribution < -0.4 is 5.32 Å². The van der Waals surface area contributed by atoms with Gasteiger partial charge in [-0.15, -0.1) is 0 Å². The van der Waals surface area contributed by atoms with E-state index >= 15 is 0 Å². The molecule has 1 aromatic heterocycles. The van der Waals surface area contributed by atoms with Crippen LogP contribution in [0.25, 0.3) is 0 Å². The van der Waals surface area contributed by atoms with E-state index in [0.29, 0.717) is 12.1 Å². The van der Waals surface area contributed by atoms with Gasteiger partial charge in [-0.3, -0.25) is 0 Å². The lowest BCUT2D eigenvalue weighted by molar-refractivity contribution is 0.616. The maximum absolute atomic E-state index is 13.3. The molecule has 0 amide bonds. The molecule has 2 nitrogen and oxygen atoms in total. The van der Waals surface area contributed by atoms with Gasteiger partial charge in [0.1, 0.15) is 10.4 Å². The maximum atomic E-state index is 13.3. The molecule has 0 atom stereocenters. The quantitative estimate of drug-likeness (QED) is 0.869. The molecule has 0 aliphatic rings. The Morgan fingerprint density at radius 3 is 2.76 bits per heavy atom. The number of rotatable bonds is 3. The summed E-state index contributed by atoms with van der Waals surface area (Å²) in [6.07, 6.45) is 1.73. The van der Waals surface area contributed by atoms with Gasteiger partial charge in [0.15, 0.2) is 0 Å². The molecule has 0 radical (unpaired) electrons. The SMILES string of the molecule is Cc1ccc(CNc2ccc(Br)nc2)cc1F. The molecule has 2 aromatic rings. The van der Waals surface area contributed by atoms with Crippen LogP contribution in [0.5, 0.6) is 0 Å². The summed E-state index contributed by atoms with van der Waals surface area (Å²) in [4.78, 5) is 4.10. The van der Waals surface area contributed by atoms with Crippen molar-refractivity contribution in [2.75, 3.05) is 5.32 Å². The van der Waals surface area contributed by atoms with Crippen molar-refractivity contribution in [2.45, 2.75) is 13.5 Å². The van der Waals surface area contributed by atoms with Gasteiger partial charge in [0, 0.05) is 6.54 Å². The van der Waals surface area contributed by atoms with Crippen molar-refractivity contribution in [3.8, 4) is 0 Å². The van der Waals surface area contributed by atoms with Gasteiger partial charge in [-0.05, 0) is 52.2 Å². The maximum Gasteiger partial charge on any atom is 0.126 e. The molecular formula is C13H12BrFN2. The van der Waals surface area contributed by atoms with Gasteiger partial charge in [0.25, 0.3) is 0 Å². The minimum Gasteiger partial charge on any atom is -0.380 e. The fourth-order valence-corrected chi connectivity index (χ4v) is 1.67. The van der Waals surface area contributed by atoms with Gasteiger partial charge in [0.2, 0.25) is 0 Å². The molecule has 1 aromatic carbocycles. The van der Waals surface area contributed by atoms with Crippen LogP contribution >= 0.6 is 15.9 Å². The summed E-state index contributed by atoms with van der Waals surface area (Å²) in [6, 6.07) is 9.03. The highest BCUT2D eigenvalue weighted by Gasteiger charge is 1.99. The number of nitrogens with one attached hydrogen (secondary N) is 1. The largest absolute Gasteiger partial charge is 0.380 e. The van der Waals surface area contributed by atoms with Crippen LogP contribution in [0.2, 0.25) is 0 Å². The molecule has 0 fully saturated rings. The summed E-state index contributed by atoms with van der Waals surface area (Å²) in [5, 5.41) is 3.18. The molecule has 1 N–H and O–H groups in total. The molecular weight excluding hydrogens is 283 g/mol. The van der Waals surface area contributed by atoms with E-state index in [2.05, 4.69) is 26.2 Å². The Morgan fingerprint density at radius 1 is 1.29 bits per heavy atom. The van der Waals surface area contributed by atoms with Crippen LogP contribution in [0.3, 0.4) is 0 Å². The molecule has 0 saturated heterocycles. The highest BCUT2D eigenvalue weighted by Crippen LogP contribution is 2.13. The summed E-state index contributed by atoms with van der Waals surface area (Å²) >= 11 is 3.27. The molecule has 0 saturated carbocycles. The predicted octanol–water partition coefficient (Wildman–Crippen LogP) is 3.90. The van der Waals surface area contributed by atoms with Gasteiger partial charge >= 0.3 is 0 Å². The van der Waals surface area contributed by atoms with Gasteiger partial charge in [-0.2, -0.15) is 0 Å². The molecule has 0 spiro atoms. The van der Waals surface area contributed by atoms with Crippen molar-refractivity contribution < 1.29 is 4.39 Å². The van der Waals surface area contributed by atoms with Crippen LogP contribution in [0.4, 0.5) is 10.1 Å². The summed E-state index contributed by atoms with van der Waals surface area (Å²) in [7, 11) is 0. The Labute approximate surface area is 108 Å². The lowest BCUT2D eigenvalue weighted by atomic mass is 10.1. The molecule has 2 rings (SSSR count). The second-order valence-electron chi connectivity index (χ2n) is 3.81. The van der Waals surface area contributed by atoms with Gasteiger partial charge in [0.05, 0.1) is 11.9 Å². The topological polar surface area (TPSA) is 24.9 Å².